The Morgan fingerprint density at radius 2 is 2.33 bits per heavy atom. The second kappa shape index (κ2) is 5.33. The van der Waals surface area contributed by atoms with Crippen LogP contribution in [-0.2, 0) is 0 Å². The minimum atomic E-state index is -0.397. The lowest BCUT2D eigenvalue weighted by atomic mass is 9.99. The quantitative estimate of drug-likeness (QED) is 0.669. The van der Waals surface area contributed by atoms with Crippen LogP contribution in [0.4, 0.5) is 11.6 Å². The third-order valence-electron chi connectivity index (χ3n) is 4.23. The number of nitrogens with one attached hydrogen (secondary N) is 2. The lowest BCUT2D eigenvalue weighted by molar-refractivity contribution is -0.384. The Labute approximate surface area is 122 Å². The highest BCUT2D eigenvalue weighted by Crippen LogP contribution is 2.23. The Hall–Kier alpha value is -2.15. The van der Waals surface area contributed by atoms with Crippen LogP contribution >= 0.6 is 0 Å². The van der Waals surface area contributed by atoms with E-state index in [0.29, 0.717) is 23.5 Å². The molecule has 2 aromatic rings. The number of hydrogen-bond donors (Lipinski definition) is 2. The zero-order valence-corrected chi connectivity index (χ0v) is 12.2. The molecule has 2 atom stereocenters. The minimum absolute atomic E-state index is 0.0746. The van der Waals surface area contributed by atoms with E-state index in [1.54, 1.807) is 6.07 Å². The van der Waals surface area contributed by atoms with Gasteiger partial charge in [-0.3, -0.25) is 10.1 Å². The van der Waals surface area contributed by atoms with Gasteiger partial charge in [-0.05, 0) is 32.9 Å². The van der Waals surface area contributed by atoms with Crippen LogP contribution in [0.2, 0.25) is 0 Å². The third kappa shape index (κ3) is 2.82. The van der Waals surface area contributed by atoms with Crippen molar-refractivity contribution in [3.63, 3.8) is 0 Å². The summed E-state index contributed by atoms with van der Waals surface area (Å²) >= 11 is 0. The molecule has 0 radical (unpaired) electrons. The molecule has 1 aromatic carbocycles. The number of likely N-dealkylation sites (tertiary alicyclic amines) is 1. The fourth-order valence-corrected chi connectivity index (χ4v) is 2.79. The number of aromatic amines is 1. The van der Waals surface area contributed by atoms with E-state index in [-0.39, 0.29) is 5.69 Å². The van der Waals surface area contributed by atoms with Gasteiger partial charge in [-0.25, -0.2) is 4.98 Å². The molecule has 0 spiro atoms. The maximum Gasteiger partial charge on any atom is 0.271 e. The number of non-ortho nitro benzene ring substituents is 1. The van der Waals surface area contributed by atoms with E-state index in [1.807, 2.05) is 0 Å². The molecule has 0 aliphatic carbocycles. The van der Waals surface area contributed by atoms with Gasteiger partial charge in [0.05, 0.1) is 16.0 Å². The molecule has 2 N–H and O–H groups in total. The van der Waals surface area contributed by atoms with Crippen molar-refractivity contribution in [3.05, 3.63) is 28.3 Å². The van der Waals surface area contributed by atoms with Crippen molar-refractivity contribution in [2.75, 3.05) is 18.9 Å². The van der Waals surface area contributed by atoms with Gasteiger partial charge in [0, 0.05) is 30.8 Å². The summed E-state index contributed by atoms with van der Waals surface area (Å²) in [4.78, 5) is 20.3. The molecule has 1 aromatic heterocycles. The standard InChI is InChI=1S/C14H19N5O2/c1-9-7-10(5-6-18(9)2)15-14-16-12-4-3-11(19(20)21)8-13(12)17-14/h3-4,8-10H,5-7H2,1-2H3,(H2,15,16,17). The molecule has 1 saturated heterocycles. The van der Waals surface area contributed by atoms with Gasteiger partial charge in [-0.1, -0.05) is 0 Å². The molecule has 0 amide bonds. The molecule has 7 nitrogen and oxygen atoms in total. The summed E-state index contributed by atoms with van der Waals surface area (Å²) in [5.41, 5.74) is 1.50. The highest BCUT2D eigenvalue weighted by atomic mass is 16.6. The van der Waals surface area contributed by atoms with Crippen LogP contribution in [0.3, 0.4) is 0 Å². The topological polar surface area (TPSA) is 87.1 Å². The summed E-state index contributed by atoms with van der Waals surface area (Å²) in [5, 5.41) is 14.2. The van der Waals surface area contributed by atoms with Crippen molar-refractivity contribution in [2.45, 2.75) is 31.8 Å². The van der Waals surface area contributed by atoms with Crippen molar-refractivity contribution in [3.8, 4) is 0 Å². The molecule has 1 aliphatic rings. The normalized spacial score (nSPS) is 23.3. The maximum atomic E-state index is 10.8. The van der Waals surface area contributed by atoms with E-state index >= 15 is 0 Å². The molecule has 112 valence electrons. The van der Waals surface area contributed by atoms with Crippen molar-refractivity contribution in [1.29, 1.82) is 0 Å². The fourth-order valence-electron chi connectivity index (χ4n) is 2.79. The SMILES string of the molecule is CC1CC(Nc2nc3ccc([N+](=O)[O-])cc3[nH]2)CCN1C. The van der Waals surface area contributed by atoms with Gasteiger partial charge in [0.25, 0.3) is 5.69 Å². The smallest absolute Gasteiger partial charge is 0.271 e. The molecule has 2 unspecified atom stereocenters. The second-order valence-electron chi connectivity index (χ2n) is 5.74. The Morgan fingerprint density at radius 3 is 3.05 bits per heavy atom. The predicted octanol–water partition coefficient (Wildman–Crippen LogP) is 2.37. The number of nitrogens with zero attached hydrogens (tertiary/aromatic N) is 3. The third-order valence-corrected chi connectivity index (χ3v) is 4.23. The van der Waals surface area contributed by atoms with Gasteiger partial charge in [-0.15, -0.1) is 0 Å². The zero-order chi connectivity index (χ0) is 15.0. The molecule has 1 aliphatic heterocycles. The summed E-state index contributed by atoms with van der Waals surface area (Å²) in [6.45, 7) is 3.28. The van der Waals surface area contributed by atoms with Crippen molar-refractivity contribution >= 4 is 22.7 Å². The average molecular weight is 289 g/mol. The summed E-state index contributed by atoms with van der Waals surface area (Å²) < 4.78 is 0. The Morgan fingerprint density at radius 1 is 1.52 bits per heavy atom. The van der Waals surface area contributed by atoms with E-state index < -0.39 is 4.92 Å². The number of anilines is 1. The van der Waals surface area contributed by atoms with E-state index in [0.717, 1.165) is 24.9 Å². The van der Waals surface area contributed by atoms with Crippen LogP contribution < -0.4 is 5.32 Å². The summed E-state index contributed by atoms with van der Waals surface area (Å²) in [5.74, 6) is 0.687. The Bertz CT molecular complexity index is 668. The lowest BCUT2D eigenvalue weighted by Crippen LogP contribution is -2.42. The second-order valence-corrected chi connectivity index (χ2v) is 5.74. The van der Waals surface area contributed by atoms with Gasteiger partial charge < -0.3 is 15.2 Å². The molecule has 7 heteroatoms. The molecule has 1 fully saturated rings. The number of nitro groups is 1. The molecular weight excluding hydrogens is 270 g/mol. The lowest BCUT2D eigenvalue weighted by Gasteiger charge is -2.35. The zero-order valence-electron chi connectivity index (χ0n) is 12.2. The van der Waals surface area contributed by atoms with Crippen LogP contribution in [0.5, 0.6) is 0 Å². The highest BCUT2D eigenvalue weighted by molar-refractivity contribution is 5.79. The van der Waals surface area contributed by atoms with Crippen molar-refractivity contribution < 1.29 is 4.92 Å². The molecule has 21 heavy (non-hydrogen) atoms. The van der Waals surface area contributed by atoms with Gasteiger partial charge in [-0.2, -0.15) is 0 Å². The number of piperidine rings is 1. The Kier molecular flexibility index (Phi) is 3.50. The van der Waals surface area contributed by atoms with Crippen LogP contribution in [0, 0.1) is 10.1 Å². The van der Waals surface area contributed by atoms with Crippen LogP contribution in [0.1, 0.15) is 19.8 Å². The van der Waals surface area contributed by atoms with Gasteiger partial charge in [0.1, 0.15) is 0 Å². The van der Waals surface area contributed by atoms with Crippen molar-refractivity contribution in [1.82, 2.24) is 14.9 Å². The first kappa shape index (κ1) is 13.8. The number of aromatic nitrogens is 2. The summed E-state index contributed by atoms with van der Waals surface area (Å²) in [7, 11) is 2.14. The van der Waals surface area contributed by atoms with Crippen molar-refractivity contribution in [2.24, 2.45) is 0 Å². The average Bonchev–Trinajstić information content (AvgIpc) is 2.84. The molecular formula is C14H19N5O2. The monoisotopic (exact) mass is 289 g/mol. The van der Waals surface area contributed by atoms with Crippen LogP contribution in [-0.4, -0.2) is 45.5 Å². The largest absolute Gasteiger partial charge is 0.353 e. The summed E-state index contributed by atoms with van der Waals surface area (Å²) in [6, 6.07) is 5.59. The number of H-pyrrole nitrogens is 1. The maximum absolute atomic E-state index is 10.8. The van der Waals surface area contributed by atoms with E-state index in [4.69, 9.17) is 0 Å². The number of hydrogen-bond acceptors (Lipinski definition) is 5. The highest BCUT2D eigenvalue weighted by Gasteiger charge is 2.23. The predicted molar refractivity (Wildman–Crippen MR) is 81.5 cm³/mol. The molecule has 2 heterocycles. The summed E-state index contributed by atoms with van der Waals surface area (Å²) in [6.07, 6.45) is 2.13. The van der Waals surface area contributed by atoms with Crippen LogP contribution in [0.15, 0.2) is 18.2 Å². The number of fused-ring (bicyclic) bond motifs is 1. The van der Waals surface area contributed by atoms with E-state index in [9.17, 15) is 10.1 Å². The van der Waals surface area contributed by atoms with E-state index in [1.165, 1.54) is 12.1 Å². The molecule has 3 rings (SSSR count). The number of rotatable bonds is 3. The van der Waals surface area contributed by atoms with Crippen LogP contribution in [0.25, 0.3) is 11.0 Å². The number of imidazole rings is 1. The fraction of sp³-hybridized carbons (Fsp3) is 0.500. The van der Waals surface area contributed by atoms with E-state index in [2.05, 4.69) is 34.2 Å². The van der Waals surface area contributed by atoms with Gasteiger partial charge in [0.2, 0.25) is 5.95 Å². The molecule has 0 saturated carbocycles. The minimum Gasteiger partial charge on any atom is -0.353 e. The van der Waals surface area contributed by atoms with Gasteiger partial charge >= 0.3 is 0 Å². The first-order chi connectivity index (χ1) is 10.0. The first-order valence-corrected chi connectivity index (χ1v) is 7.14. The Balaban J connectivity index is 1.77. The number of benzene rings is 1. The van der Waals surface area contributed by atoms with Gasteiger partial charge in [0.15, 0.2) is 0 Å². The number of nitro benzene ring substituents is 1. The molecule has 0 bridgehead atoms. The first-order valence-electron chi connectivity index (χ1n) is 7.14.